The molecule has 0 spiro atoms. The summed E-state index contributed by atoms with van der Waals surface area (Å²) in [4.78, 5) is 29.4. The molecule has 3 heterocycles. The zero-order valence-electron chi connectivity index (χ0n) is 15.4. The van der Waals surface area contributed by atoms with Crippen LogP contribution in [0.3, 0.4) is 0 Å². The lowest BCUT2D eigenvalue weighted by molar-refractivity contribution is -0.111. The van der Waals surface area contributed by atoms with Gasteiger partial charge in [0, 0.05) is 11.1 Å². The van der Waals surface area contributed by atoms with Gasteiger partial charge in [0.05, 0.1) is 44.0 Å². The molecule has 0 saturated heterocycles. The molecule has 0 atom stereocenters. The van der Waals surface area contributed by atoms with E-state index in [0.717, 1.165) is 0 Å². The lowest BCUT2D eigenvalue weighted by atomic mass is 10.0. The van der Waals surface area contributed by atoms with Gasteiger partial charge in [0.25, 0.3) is 11.8 Å². The molecule has 2 aliphatic rings. The molecule has 0 aliphatic carbocycles. The SMILES string of the molecule is O=C1Nc2cccc(Cl)c2/C1=C\c1cccc(/C=C2/C(=O)Nc3cccc(Cl)c32)n1. The summed E-state index contributed by atoms with van der Waals surface area (Å²) in [7, 11) is 0. The lowest BCUT2D eigenvalue weighted by Crippen LogP contribution is -2.04. The molecule has 30 heavy (non-hydrogen) atoms. The van der Waals surface area contributed by atoms with E-state index in [1.807, 2.05) is 6.07 Å². The maximum atomic E-state index is 12.4. The van der Waals surface area contributed by atoms with Crippen LogP contribution >= 0.6 is 23.2 Å². The monoisotopic (exact) mass is 433 g/mol. The summed E-state index contributed by atoms with van der Waals surface area (Å²) in [6, 6.07) is 16.0. The smallest absolute Gasteiger partial charge is 0.256 e. The van der Waals surface area contributed by atoms with Gasteiger partial charge in [-0.1, -0.05) is 41.4 Å². The first-order valence-corrected chi connectivity index (χ1v) is 9.88. The van der Waals surface area contributed by atoms with Crippen molar-refractivity contribution in [3.63, 3.8) is 0 Å². The van der Waals surface area contributed by atoms with Gasteiger partial charge in [-0.2, -0.15) is 0 Å². The van der Waals surface area contributed by atoms with Crippen molar-refractivity contribution in [2.24, 2.45) is 0 Å². The number of anilines is 2. The Morgan fingerprint density at radius 1 is 0.667 bits per heavy atom. The predicted molar refractivity (Wildman–Crippen MR) is 120 cm³/mol. The number of amides is 2. The molecule has 2 aliphatic heterocycles. The van der Waals surface area contributed by atoms with E-state index in [4.69, 9.17) is 23.2 Å². The Morgan fingerprint density at radius 2 is 1.10 bits per heavy atom. The van der Waals surface area contributed by atoms with E-state index in [0.29, 0.717) is 55.1 Å². The molecule has 5 nitrogen and oxygen atoms in total. The third-order valence-electron chi connectivity index (χ3n) is 4.93. The quantitative estimate of drug-likeness (QED) is 0.533. The maximum absolute atomic E-state index is 12.4. The van der Waals surface area contributed by atoms with Crippen molar-refractivity contribution in [3.05, 3.63) is 87.2 Å². The van der Waals surface area contributed by atoms with Crippen molar-refractivity contribution in [1.29, 1.82) is 0 Å². The summed E-state index contributed by atoms with van der Waals surface area (Å²) in [5.74, 6) is -0.473. The van der Waals surface area contributed by atoms with E-state index in [2.05, 4.69) is 15.6 Å². The topological polar surface area (TPSA) is 71.1 Å². The van der Waals surface area contributed by atoms with Crippen molar-refractivity contribution in [2.45, 2.75) is 0 Å². The third kappa shape index (κ3) is 3.09. The van der Waals surface area contributed by atoms with Crippen LogP contribution in [0.15, 0.2) is 54.6 Å². The van der Waals surface area contributed by atoms with Crippen molar-refractivity contribution < 1.29 is 9.59 Å². The number of pyridine rings is 1. The highest BCUT2D eigenvalue weighted by Gasteiger charge is 2.27. The van der Waals surface area contributed by atoms with E-state index in [1.165, 1.54) is 0 Å². The van der Waals surface area contributed by atoms with Crippen LogP contribution < -0.4 is 10.6 Å². The van der Waals surface area contributed by atoms with E-state index in [1.54, 1.807) is 60.7 Å². The van der Waals surface area contributed by atoms with Crippen LogP contribution in [0.2, 0.25) is 10.0 Å². The Morgan fingerprint density at radius 3 is 1.57 bits per heavy atom. The summed E-state index contributed by atoms with van der Waals surface area (Å²) in [5.41, 5.74) is 4.69. The number of aromatic nitrogens is 1. The molecule has 2 N–H and O–H groups in total. The average Bonchev–Trinajstić information content (AvgIpc) is 3.20. The van der Waals surface area contributed by atoms with Gasteiger partial charge in [-0.15, -0.1) is 0 Å². The minimum Gasteiger partial charge on any atom is -0.321 e. The number of fused-ring (bicyclic) bond motifs is 2. The van der Waals surface area contributed by atoms with Gasteiger partial charge in [-0.25, -0.2) is 4.98 Å². The second kappa shape index (κ2) is 7.13. The number of nitrogens with zero attached hydrogens (tertiary/aromatic N) is 1. The van der Waals surface area contributed by atoms with Gasteiger partial charge in [0.1, 0.15) is 0 Å². The van der Waals surface area contributed by atoms with Crippen LogP contribution in [0.25, 0.3) is 23.3 Å². The van der Waals surface area contributed by atoms with Gasteiger partial charge in [0.15, 0.2) is 0 Å². The van der Waals surface area contributed by atoms with Crippen LogP contribution in [-0.4, -0.2) is 16.8 Å². The molecule has 1 aromatic heterocycles. The number of hydrogen-bond donors (Lipinski definition) is 2. The molecule has 0 saturated carbocycles. The Bertz CT molecular complexity index is 1210. The van der Waals surface area contributed by atoms with Gasteiger partial charge in [-0.05, 0) is 48.6 Å². The summed E-state index contributed by atoms with van der Waals surface area (Å²) in [6.45, 7) is 0. The van der Waals surface area contributed by atoms with Gasteiger partial charge in [0.2, 0.25) is 0 Å². The van der Waals surface area contributed by atoms with Crippen LogP contribution in [0, 0.1) is 0 Å². The van der Waals surface area contributed by atoms with Crippen molar-refractivity contribution in [1.82, 2.24) is 4.98 Å². The Balaban J connectivity index is 1.56. The highest BCUT2D eigenvalue weighted by atomic mass is 35.5. The zero-order chi connectivity index (χ0) is 20.8. The lowest BCUT2D eigenvalue weighted by Gasteiger charge is -2.03. The Labute approximate surface area is 182 Å². The minimum atomic E-state index is -0.237. The number of halogens is 2. The molecule has 2 aromatic carbocycles. The van der Waals surface area contributed by atoms with Crippen molar-refractivity contribution in [3.8, 4) is 0 Å². The first-order valence-electron chi connectivity index (χ1n) is 9.12. The largest absolute Gasteiger partial charge is 0.321 e. The van der Waals surface area contributed by atoms with Gasteiger partial charge >= 0.3 is 0 Å². The number of nitrogens with one attached hydrogen (secondary N) is 2. The molecule has 5 rings (SSSR count). The molecule has 146 valence electrons. The maximum Gasteiger partial charge on any atom is 0.256 e. The highest BCUT2D eigenvalue weighted by Crippen LogP contribution is 2.39. The fraction of sp³-hybridized carbons (Fsp3) is 0. The molecule has 0 unspecified atom stereocenters. The molecule has 0 radical (unpaired) electrons. The number of hydrogen-bond acceptors (Lipinski definition) is 3. The van der Waals surface area contributed by atoms with Crippen LogP contribution in [-0.2, 0) is 9.59 Å². The van der Waals surface area contributed by atoms with E-state index in [9.17, 15) is 9.59 Å². The molecular formula is C23H13Cl2N3O2. The van der Waals surface area contributed by atoms with Crippen LogP contribution in [0.4, 0.5) is 11.4 Å². The predicted octanol–water partition coefficient (Wildman–Crippen LogP) is 5.37. The molecule has 0 fully saturated rings. The Kier molecular flexibility index (Phi) is 4.42. The number of rotatable bonds is 2. The van der Waals surface area contributed by atoms with E-state index in [-0.39, 0.29) is 11.8 Å². The molecular weight excluding hydrogens is 421 g/mol. The first-order chi connectivity index (χ1) is 14.5. The molecule has 7 heteroatoms. The fourth-order valence-corrected chi connectivity index (χ4v) is 4.16. The van der Waals surface area contributed by atoms with Crippen molar-refractivity contribution >= 4 is 69.7 Å². The Hall–Kier alpha value is -3.41. The first kappa shape index (κ1) is 18.6. The van der Waals surface area contributed by atoms with Gasteiger partial charge < -0.3 is 10.6 Å². The molecule has 2 amide bonds. The highest BCUT2D eigenvalue weighted by molar-refractivity contribution is 6.42. The van der Waals surface area contributed by atoms with E-state index < -0.39 is 0 Å². The van der Waals surface area contributed by atoms with Crippen molar-refractivity contribution in [2.75, 3.05) is 10.6 Å². The minimum absolute atomic E-state index is 0.237. The zero-order valence-corrected chi connectivity index (χ0v) is 16.9. The summed E-state index contributed by atoms with van der Waals surface area (Å²) in [6.07, 6.45) is 3.37. The second-order valence-electron chi connectivity index (χ2n) is 6.84. The van der Waals surface area contributed by atoms with Gasteiger partial charge in [-0.3, -0.25) is 9.59 Å². The number of benzene rings is 2. The van der Waals surface area contributed by atoms with Crippen LogP contribution in [0.1, 0.15) is 22.5 Å². The molecule has 0 bridgehead atoms. The summed E-state index contributed by atoms with van der Waals surface area (Å²) >= 11 is 12.6. The average molecular weight is 434 g/mol. The number of carbonyl (C=O) groups excluding carboxylic acids is 2. The molecule has 3 aromatic rings. The fourth-order valence-electron chi connectivity index (χ4n) is 3.61. The standard InChI is InChI=1S/C23H13Cl2N3O2/c24-16-6-2-8-18-20(16)14(22(29)27-18)10-12-4-1-5-13(26-12)11-15-21-17(25)7-3-9-19(21)28-23(15)30/h1-11H,(H,27,29)(H,28,30)/b14-10+,15-11+. The summed E-state index contributed by atoms with van der Waals surface area (Å²) < 4.78 is 0. The normalized spacial score (nSPS) is 17.1. The summed E-state index contributed by atoms with van der Waals surface area (Å²) in [5, 5.41) is 6.59. The van der Waals surface area contributed by atoms with E-state index >= 15 is 0 Å². The second-order valence-corrected chi connectivity index (χ2v) is 7.65. The third-order valence-corrected chi connectivity index (χ3v) is 5.56. The van der Waals surface area contributed by atoms with Crippen LogP contribution in [0.5, 0.6) is 0 Å². The number of carbonyl (C=O) groups is 2.